The molecule has 0 saturated carbocycles. The van der Waals surface area contributed by atoms with Crippen LogP contribution in [0.15, 0.2) is 30.9 Å². The second kappa shape index (κ2) is 8.73. The molecule has 1 aromatic heterocycles. The van der Waals surface area contributed by atoms with Gasteiger partial charge in [0.25, 0.3) is 5.91 Å². The summed E-state index contributed by atoms with van der Waals surface area (Å²) in [6.07, 6.45) is 6.26. The van der Waals surface area contributed by atoms with E-state index in [0.29, 0.717) is 6.54 Å². The molecule has 0 radical (unpaired) electrons. The van der Waals surface area contributed by atoms with Gasteiger partial charge in [-0.05, 0) is 42.5 Å². The third kappa shape index (κ3) is 5.27. The van der Waals surface area contributed by atoms with Crippen LogP contribution in [0.25, 0.3) is 0 Å². The van der Waals surface area contributed by atoms with Crippen molar-refractivity contribution in [2.75, 3.05) is 13.2 Å². The predicted octanol–water partition coefficient (Wildman–Crippen LogP) is 3.55. The number of halogens is 1. The van der Waals surface area contributed by atoms with Gasteiger partial charge in [0.2, 0.25) is 0 Å². The number of nitrogens with one attached hydrogen (secondary N) is 1. The van der Waals surface area contributed by atoms with E-state index in [1.807, 2.05) is 29.8 Å². The van der Waals surface area contributed by atoms with Crippen LogP contribution in [-0.4, -0.2) is 28.6 Å². The third-order valence-electron chi connectivity index (χ3n) is 3.75. The summed E-state index contributed by atoms with van der Waals surface area (Å²) in [4.78, 5) is 15.9. The highest BCUT2D eigenvalue weighted by Gasteiger charge is 2.12. The Bertz CT molecular complexity index is 669. The molecule has 1 heterocycles. The van der Waals surface area contributed by atoms with Crippen LogP contribution in [0.1, 0.15) is 37.3 Å². The monoisotopic (exact) mass is 349 g/mol. The lowest BCUT2D eigenvalue weighted by atomic mass is 10.0. The summed E-state index contributed by atoms with van der Waals surface area (Å²) in [7, 11) is 0. The number of nitrogens with zero attached hydrogens (tertiary/aromatic N) is 2. The standard InChI is InChI=1S/C18H24ClN3O2/c1-13(2)15-10-16(19)14(3)9-17(15)24-11-18(23)21-5-4-7-22-8-6-20-12-22/h6,8-10,12-13H,4-5,7,11H2,1-3H3,(H,21,23). The van der Waals surface area contributed by atoms with Gasteiger partial charge in [-0.25, -0.2) is 4.98 Å². The van der Waals surface area contributed by atoms with Gasteiger partial charge >= 0.3 is 0 Å². The number of hydrogen-bond acceptors (Lipinski definition) is 3. The Hall–Kier alpha value is -2.01. The van der Waals surface area contributed by atoms with Crippen LogP contribution in [-0.2, 0) is 11.3 Å². The van der Waals surface area contributed by atoms with Gasteiger partial charge in [0.05, 0.1) is 6.33 Å². The minimum absolute atomic E-state index is 0.00582. The van der Waals surface area contributed by atoms with E-state index in [1.165, 1.54) is 0 Å². The Balaban J connectivity index is 1.80. The normalized spacial score (nSPS) is 10.9. The van der Waals surface area contributed by atoms with Gasteiger partial charge in [-0.1, -0.05) is 25.4 Å². The van der Waals surface area contributed by atoms with Crippen LogP contribution < -0.4 is 10.1 Å². The molecule has 0 spiro atoms. The zero-order valence-electron chi connectivity index (χ0n) is 14.4. The van der Waals surface area contributed by atoms with E-state index in [-0.39, 0.29) is 18.4 Å². The quantitative estimate of drug-likeness (QED) is 0.741. The van der Waals surface area contributed by atoms with Crippen molar-refractivity contribution in [1.29, 1.82) is 0 Å². The van der Waals surface area contributed by atoms with Crippen molar-refractivity contribution in [3.8, 4) is 5.75 Å². The molecule has 0 saturated heterocycles. The number of rotatable bonds is 8. The Morgan fingerprint density at radius 2 is 2.21 bits per heavy atom. The number of carbonyl (C=O) groups is 1. The summed E-state index contributed by atoms with van der Waals surface area (Å²) in [5, 5.41) is 3.58. The van der Waals surface area contributed by atoms with Gasteiger partial charge in [-0.15, -0.1) is 0 Å². The number of amides is 1. The minimum atomic E-state index is -0.122. The Kier molecular flexibility index (Phi) is 6.67. The zero-order chi connectivity index (χ0) is 17.5. The van der Waals surface area contributed by atoms with Gasteiger partial charge in [0.1, 0.15) is 5.75 Å². The lowest BCUT2D eigenvalue weighted by molar-refractivity contribution is -0.123. The second-order valence-corrected chi connectivity index (χ2v) is 6.49. The van der Waals surface area contributed by atoms with E-state index in [0.717, 1.165) is 34.9 Å². The molecular formula is C18H24ClN3O2. The lowest BCUT2D eigenvalue weighted by Crippen LogP contribution is -2.30. The highest BCUT2D eigenvalue weighted by Crippen LogP contribution is 2.31. The number of aromatic nitrogens is 2. The summed E-state index contributed by atoms with van der Waals surface area (Å²) in [5.41, 5.74) is 1.95. The van der Waals surface area contributed by atoms with Gasteiger partial charge < -0.3 is 14.6 Å². The maximum Gasteiger partial charge on any atom is 0.257 e. The van der Waals surface area contributed by atoms with Gasteiger partial charge in [-0.2, -0.15) is 0 Å². The van der Waals surface area contributed by atoms with Crippen LogP contribution in [0.4, 0.5) is 0 Å². The summed E-state index contributed by atoms with van der Waals surface area (Å²) in [6, 6.07) is 3.81. The first-order valence-corrected chi connectivity index (χ1v) is 8.50. The van der Waals surface area contributed by atoms with E-state index in [1.54, 1.807) is 12.5 Å². The second-order valence-electron chi connectivity index (χ2n) is 6.09. The summed E-state index contributed by atoms with van der Waals surface area (Å²) >= 11 is 6.18. The molecule has 2 rings (SSSR count). The van der Waals surface area contributed by atoms with Crippen LogP contribution >= 0.6 is 11.6 Å². The molecule has 130 valence electrons. The number of hydrogen-bond donors (Lipinski definition) is 1. The van der Waals surface area contributed by atoms with Crippen molar-refractivity contribution in [3.63, 3.8) is 0 Å². The van der Waals surface area contributed by atoms with E-state index in [4.69, 9.17) is 16.3 Å². The SMILES string of the molecule is Cc1cc(OCC(=O)NCCCn2ccnc2)c(C(C)C)cc1Cl. The van der Waals surface area contributed by atoms with Gasteiger partial charge in [-0.3, -0.25) is 4.79 Å². The number of carbonyl (C=O) groups excluding carboxylic acids is 1. The number of aryl methyl sites for hydroxylation is 2. The average Bonchev–Trinajstić information content (AvgIpc) is 3.05. The first-order chi connectivity index (χ1) is 11.5. The van der Waals surface area contributed by atoms with E-state index in [9.17, 15) is 4.79 Å². The predicted molar refractivity (Wildman–Crippen MR) is 95.6 cm³/mol. The Labute approximate surface area is 148 Å². The first kappa shape index (κ1) is 18.3. The van der Waals surface area contributed by atoms with Crippen molar-refractivity contribution in [3.05, 3.63) is 47.0 Å². The molecule has 0 aliphatic rings. The van der Waals surface area contributed by atoms with Crippen molar-refractivity contribution >= 4 is 17.5 Å². The van der Waals surface area contributed by atoms with Crippen LogP contribution in [0.5, 0.6) is 5.75 Å². The highest BCUT2D eigenvalue weighted by atomic mass is 35.5. The van der Waals surface area contributed by atoms with E-state index >= 15 is 0 Å². The molecule has 0 bridgehead atoms. The largest absolute Gasteiger partial charge is 0.483 e. The molecule has 0 aliphatic heterocycles. The third-order valence-corrected chi connectivity index (χ3v) is 4.15. The smallest absolute Gasteiger partial charge is 0.257 e. The summed E-state index contributed by atoms with van der Waals surface area (Å²) in [5.74, 6) is 0.875. The average molecular weight is 350 g/mol. The molecule has 1 aromatic carbocycles. The molecule has 6 heteroatoms. The first-order valence-electron chi connectivity index (χ1n) is 8.12. The number of ether oxygens (including phenoxy) is 1. The highest BCUT2D eigenvalue weighted by molar-refractivity contribution is 6.31. The Morgan fingerprint density at radius 3 is 2.88 bits per heavy atom. The van der Waals surface area contributed by atoms with Crippen molar-refractivity contribution in [2.45, 2.75) is 39.7 Å². The molecule has 0 fully saturated rings. The molecule has 5 nitrogen and oxygen atoms in total. The summed E-state index contributed by atoms with van der Waals surface area (Å²) < 4.78 is 7.69. The van der Waals surface area contributed by atoms with Crippen LogP contribution in [0.2, 0.25) is 5.02 Å². The molecule has 2 aromatic rings. The maximum atomic E-state index is 11.9. The molecule has 24 heavy (non-hydrogen) atoms. The maximum absolute atomic E-state index is 11.9. The van der Waals surface area contributed by atoms with Crippen molar-refractivity contribution < 1.29 is 9.53 Å². The number of imidazole rings is 1. The van der Waals surface area contributed by atoms with E-state index < -0.39 is 0 Å². The topological polar surface area (TPSA) is 56.1 Å². The van der Waals surface area contributed by atoms with Crippen molar-refractivity contribution in [1.82, 2.24) is 14.9 Å². The molecule has 0 aliphatic carbocycles. The molecule has 0 unspecified atom stereocenters. The summed E-state index contributed by atoms with van der Waals surface area (Å²) in [6.45, 7) is 7.52. The van der Waals surface area contributed by atoms with Crippen LogP contribution in [0.3, 0.4) is 0 Å². The fraction of sp³-hybridized carbons (Fsp3) is 0.444. The molecule has 0 atom stereocenters. The fourth-order valence-electron chi connectivity index (χ4n) is 2.35. The minimum Gasteiger partial charge on any atom is -0.483 e. The molecule has 1 amide bonds. The molecule has 1 N–H and O–H groups in total. The fourth-order valence-corrected chi connectivity index (χ4v) is 2.52. The van der Waals surface area contributed by atoms with Gasteiger partial charge in [0, 0.05) is 30.5 Å². The van der Waals surface area contributed by atoms with Crippen molar-refractivity contribution in [2.24, 2.45) is 0 Å². The zero-order valence-corrected chi connectivity index (χ0v) is 15.1. The van der Waals surface area contributed by atoms with Gasteiger partial charge in [0.15, 0.2) is 6.61 Å². The number of benzene rings is 1. The molecular weight excluding hydrogens is 326 g/mol. The van der Waals surface area contributed by atoms with Crippen LogP contribution in [0, 0.1) is 6.92 Å². The Morgan fingerprint density at radius 1 is 1.42 bits per heavy atom. The van der Waals surface area contributed by atoms with E-state index in [2.05, 4.69) is 24.1 Å². The lowest BCUT2D eigenvalue weighted by Gasteiger charge is -2.16.